The molecule has 8 heteroatoms. The molecular weight excluding hydrogens is 383 g/mol. The number of hydrogen-bond acceptors (Lipinski definition) is 3. The predicted octanol–water partition coefficient (Wildman–Crippen LogP) is 3.73. The largest absolute Gasteiger partial charge is 0.345 e. The van der Waals surface area contributed by atoms with E-state index < -0.39 is 10.0 Å². The summed E-state index contributed by atoms with van der Waals surface area (Å²) in [5.41, 5.74) is 1.10. The Hall–Kier alpha value is -1.60. The second kappa shape index (κ2) is 7.74. The number of rotatable bonds is 5. The molecule has 0 aliphatic carbocycles. The zero-order valence-electron chi connectivity index (χ0n) is 14.0. The van der Waals surface area contributed by atoms with Gasteiger partial charge in [0.05, 0.1) is 10.9 Å². The second-order valence-corrected chi connectivity index (χ2v) is 8.67. The maximum Gasteiger partial charge on any atom is 0.251 e. The molecular formula is C17H18Cl2N2O3S. The van der Waals surface area contributed by atoms with Crippen molar-refractivity contribution in [2.45, 2.75) is 17.9 Å². The van der Waals surface area contributed by atoms with Crippen LogP contribution < -0.4 is 5.32 Å². The van der Waals surface area contributed by atoms with Crippen molar-refractivity contribution in [2.75, 3.05) is 14.1 Å². The first-order chi connectivity index (χ1) is 11.6. The minimum absolute atomic E-state index is 0.128. The highest BCUT2D eigenvalue weighted by Gasteiger charge is 2.18. The molecule has 1 amide bonds. The first-order valence-electron chi connectivity index (χ1n) is 7.41. The Morgan fingerprint density at radius 3 is 2.20 bits per heavy atom. The Labute approximate surface area is 157 Å². The lowest BCUT2D eigenvalue weighted by atomic mass is 10.1. The Kier molecular flexibility index (Phi) is 6.11. The van der Waals surface area contributed by atoms with Crippen LogP contribution >= 0.6 is 23.2 Å². The first-order valence-corrected chi connectivity index (χ1v) is 9.61. The van der Waals surface area contributed by atoms with Crippen LogP contribution in [0.15, 0.2) is 47.4 Å². The summed E-state index contributed by atoms with van der Waals surface area (Å²) in [6.45, 7) is 1.80. The number of carbonyl (C=O) groups is 1. The fourth-order valence-electron chi connectivity index (χ4n) is 2.20. The highest BCUT2D eigenvalue weighted by Crippen LogP contribution is 2.26. The molecule has 134 valence electrons. The van der Waals surface area contributed by atoms with Crippen LogP contribution in [-0.2, 0) is 10.0 Å². The summed E-state index contributed by atoms with van der Waals surface area (Å²) in [6, 6.07) is 10.5. The van der Waals surface area contributed by atoms with Gasteiger partial charge in [0.1, 0.15) is 0 Å². The zero-order chi connectivity index (χ0) is 18.8. The van der Waals surface area contributed by atoms with Gasteiger partial charge in [-0.25, -0.2) is 12.7 Å². The standard InChI is InChI=1S/C17H18Cl2N2O3S/c1-11(15-9-6-13(18)10-16(15)19)20-17(22)12-4-7-14(8-5-12)25(23,24)21(2)3/h4-11H,1-3H3,(H,20,22)/t11-/m1/s1. The predicted molar refractivity (Wildman–Crippen MR) is 99.7 cm³/mol. The van der Waals surface area contributed by atoms with E-state index in [0.717, 1.165) is 9.87 Å². The number of nitrogens with one attached hydrogen (secondary N) is 1. The van der Waals surface area contributed by atoms with Gasteiger partial charge in [0, 0.05) is 29.7 Å². The fraction of sp³-hybridized carbons (Fsp3) is 0.235. The Bertz CT molecular complexity index is 881. The van der Waals surface area contributed by atoms with Gasteiger partial charge >= 0.3 is 0 Å². The second-order valence-electron chi connectivity index (χ2n) is 5.67. The SMILES string of the molecule is C[C@@H](NC(=O)c1ccc(S(=O)(=O)N(C)C)cc1)c1ccc(Cl)cc1Cl. The molecule has 25 heavy (non-hydrogen) atoms. The van der Waals surface area contributed by atoms with Gasteiger partial charge in [0.25, 0.3) is 5.91 Å². The molecule has 1 atom stereocenters. The zero-order valence-corrected chi connectivity index (χ0v) is 16.3. The van der Waals surface area contributed by atoms with Crippen molar-refractivity contribution in [1.29, 1.82) is 0 Å². The molecule has 2 aromatic carbocycles. The van der Waals surface area contributed by atoms with E-state index in [1.807, 2.05) is 0 Å². The molecule has 2 aromatic rings. The molecule has 0 saturated heterocycles. The molecule has 5 nitrogen and oxygen atoms in total. The summed E-state index contributed by atoms with van der Waals surface area (Å²) < 4.78 is 25.2. The summed E-state index contributed by atoms with van der Waals surface area (Å²) in [5, 5.41) is 3.81. The number of hydrogen-bond donors (Lipinski definition) is 1. The van der Waals surface area contributed by atoms with Crippen LogP contribution in [0, 0.1) is 0 Å². The van der Waals surface area contributed by atoms with Gasteiger partial charge in [0.2, 0.25) is 10.0 Å². The Morgan fingerprint density at radius 1 is 1.08 bits per heavy atom. The number of benzene rings is 2. The first kappa shape index (κ1) is 19.7. The molecule has 0 saturated carbocycles. The number of halogens is 2. The van der Waals surface area contributed by atoms with Crippen molar-refractivity contribution in [1.82, 2.24) is 9.62 Å². The highest BCUT2D eigenvalue weighted by molar-refractivity contribution is 7.89. The molecule has 0 aliphatic heterocycles. The molecule has 0 unspecified atom stereocenters. The van der Waals surface area contributed by atoms with Crippen molar-refractivity contribution in [3.05, 3.63) is 63.6 Å². The normalized spacial score (nSPS) is 12.9. The maximum atomic E-state index is 12.4. The summed E-state index contributed by atoms with van der Waals surface area (Å²) in [4.78, 5) is 12.5. The van der Waals surface area contributed by atoms with Gasteiger partial charge in [0.15, 0.2) is 0 Å². The molecule has 0 heterocycles. The average molecular weight is 401 g/mol. The van der Waals surface area contributed by atoms with Crippen molar-refractivity contribution >= 4 is 39.1 Å². The Morgan fingerprint density at radius 2 is 1.68 bits per heavy atom. The van der Waals surface area contributed by atoms with Crippen molar-refractivity contribution in [3.8, 4) is 0 Å². The Balaban J connectivity index is 2.16. The van der Waals surface area contributed by atoms with E-state index in [-0.39, 0.29) is 16.8 Å². The van der Waals surface area contributed by atoms with Crippen LogP contribution in [0.2, 0.25) is 10.0 Å². The molecule has 0 aliphatic rings. The number of nitrogens with zero attached hydrogens (tertiary/aromatic N) is 1. The van der Waals surface area contributed by atoms with E-state index in [2.05, 4.69) is 5.32 Å². The molecule has 2 rings (SSSR count). The van der Waals surface area contributed by atoms with Crippen molar-refractivity contribution < 1.29 is 13.2 Å². The van der Waals surface area contributed by atoms with Crippen LogP contribution in [0.3, 0.4) is 0 Å². The quantitative estimate of drug-likeness (QED) is 0.830. The van der Waals surface area contributed by atoms with Crippen LogP contribution in [0.4, 0.5) is 0 Å². The monoisotopic (exact) mass is 400 g/mol. The summed E-state index contributed by atoms with van der Waals surface area (Å²) in [7, 11) is -0.620. The average Bonchev–Trinajstić information content (AvgIpc) is 2.54. The van der Waals surface area contributed by atoms with Crippen LogP contribution in [0.25, 0.3) is 0 Å². The molecule has 0 bridgehead atoms. The topological polar surface area (TPSA) is 66.5 Å². The molecule has 0 spiro atoms. The molecule has 1 N–H and O–H groups in total. The highest BCUT2D eigenvalue weighted by atomic mass is 35.5. The van der Waals surface area contributed by atoms with Gasteiger partial charge in [-0.15, -0.1) is 0 Å². The number of amides is 1. The molecule has 0 fully saturated rings. The third-order valence-corrected chi connectivity index (χ3v) is 6.06. The van der Waals surface area contributed by atoms with Gasteiger partial charge in [-0.3, -0.25) is 4.79 Å². The summed E-state index contributed by atoms with van der Waals surface area (Å²) in [6.07, 6.45) is 0. The number of sulfonamides is 1. The fourth-order valence-corrected chi connectivity index (χ4v) is 3.67. The smallest absolute Gasteiger partial charge is 0.251 e. The van der Waals surface area contributed by atoms with Crippen molar-refractivity contribution in [2.24, 2.45) is 0 Å². The molecule has 0 aromatic heterocycles. The van der Waals surface area contributed by atoms with Crippen LogP contribution in [-0.4, -0.2) is 32.7 Å². The summed E-state index contributed by atoms with van der Waals surface area (Å²) in [5.74, 6) is -0.327. The minimum Gasteiger partial charge on any atom is -0.345 e. The lowest BCUT2D eigenvalue weighted by molar-refractivity contribution is 0.0940. The van der Waals surface area contributed by atoms with Crippen molar-refractivity contribution in [3.63, 3.8) is 0 Å². The van der Waals surface area contributed by atoms with E-state index in [1.54, 1.807) is 25.1 Å². The number of carbonyl (C=O) groups excluding carboxylic acids is 1. The lowest BCUT2D eigenvalue weighted by Crippen LogP contribution is -2.27. The van der Waals surface area contributed by atoms with Gasteiger partial charge < -0.3 is 5.32 Å². The third kappa shape index (κ3) is 4.52. The van der Waals surface area contributed by atoms with Gasteiger partial charge in [-0.2, -0.15) is 0 Å². The van der Waals surface area contributed by atoms with E-state index >= 15 is 0 Å². The maximum absolute atomic E-state index is 12.4. The summed E-state index contributed by atoms with van der Waals surface area (Å²) >= 11 is 12.0. The van der Waals surface area contributed by atoms with Gasteiger partial charge in [-0.05, 0) is 48.9 Å². The van der Waals surface area contributed by atoms with E-state index in [1.165, 1.54) is 38.4 Å². The minimum atomic E-state index is -3.52. The van der Waals surface area contributed by atoms with E-state index in [0.29, 0.717) is 15.6 Å². The third-order valence-electron chi connectivity index (χ3n) is 3.67. The van der Waals surface area contributed by atoms with Gasteiger partial charge in [-0.1, -0.05) is 29.3 Å². The lowest BCUT2D eigenvalue weighted by Gasteiger charge is -2.16. The van der Waals surface area contributed by atoms with Crippen LogP contribution in [0.5, 0.6) is 0 Å². The van der Waals surface area contributed by atoms with E-state index in [4.69, 9.17) is 23.2 Å². The van der Waals surface area contributed by atoms with E-state index in [9.17, 15) is 13.2 Å². The van der Waals surface area contributed by atoms with Crippen LogP contribution in [0.1, 0.15) is 28.9 Å². The molecule has 0 radical (unpaired) electrons.